The van der Waals surface area contributed by atoms with Gasteiger partial charge in [-0.3, -0.25) is 0 Å². The Labute approximate surface area is 104 Å². The minimum absolute atomic E-state index is 0.0530. The zero-order valence-corrected chi connectivity index (χ0v) is 10.0. The summed E-state index contributed by atoms with van der Waals surface area (Å²) < 4.78 is 26.8. The quantitative estimate of drug-likeness (QED) is 0.669. The Morgan fingerprint density at radius 1 is 1.33 bits per heavy atom. The van der Waals surface area contributed by atoms with Crippen molar-refractivity contribution >= 4 is 5.69 Å². The number of halogens is 2. The Kier molecular flexibility index (Phi) is 5.49. The van der Waals surface area contributed by atoms with Gasteiger partial charge in [-0.2, -0.15) is 5.26 Å². The maximum Gasteiger partial charge on any atom is 0.150 e. The standard InChI is InChI=1S/C12H15F2N3O/c1-8(18)7-16-2-3-17-12-10(13)4-9(6-15)5-11(12)14/h4-5,8,16-18H,2-3,7H2,1H3. The summed E-state index contributed by atoms with van der Waals surface area (Å²) in [4.78, 5) is 0. The summed E-state index contributed by atoms with van der Waals surface area (Å²) in [6.45, 7) is 2.83. The van der Waals surface area contributed by atoms with Gasteiger partial charge in [0.15, 0.2) is 11.6 Å². The van der Waals surface area contributed by atoms with Crippen molar-refractivity contribution in [3.05, 3.63) is 29.3 Å². The van der Waals surface area contributed by atoms with E-state index in [-0.39, 0.29) is 11.3 Å². The van der Waals surface area contributed by atoms with Gasteiger partial charge in [0.05, 0.1) is 17.7 Å². The van der Waals surface area contributed by atoms with E-state index in [0.717, 1.165) is 12.1 Å². The predicted octanol–water partition coefficient (Wildman–Crippen LogP) is 1.22. The SMILES string of the molecule is CC(O)CNCCNc1c(F)cc(C#N)cc1F. The lowest BCUT2D eigenvalue weighted by Crippen LogP contribution is -2.29. The lowest BCUT2D eigenvalue weighted by atomic mass is 10.2. The van der Waals surface area contributed by atoms with E-state index < -0.39 is 17.7 Å². The maximum absolute atomic E-state index is 13.4. The lowest BCUT2D eigenvalue weighted by molar-refractivity contribution is 0.192. The summed E-state index contributed by atoms with van der Waals surface area (Å²) in [6.07, 6.45) is -0.464. The van der Waals surface area contributed by atoms with Crippen LogP contribution in [0.25, 0.3) is 0 Å². The fourth-order valence-electron chi connectivity index (χ4n) is 1.39. The molecule has 6 heteroatoms. The van der Waals surface area contributed by atoms with Crippen LogP contribution in [0, 0.1) is 23.0 Å². The van der Waals surface area contributed by atoms with Crippen molar-refractivity contribution in [3.8, 4) is 6.07 Å². The van der Waals surface area contributed by atoms with Gasteiger partial charge in [0.1, 0.15) is 5.69 Å². The molecule has 0 aliphatic carbocycles. The first kappa shape index (κ1) is 14.4. The predicted molar refractivity (Wildman–Crippen MR) is 64.1 cm³/mol. The molecule has 4 nitrogen and oxygen atoms in total. The van der Waals surface area contributed by atoms with E-state index in [1.54, 1.807) is 13.0 Å². The van der Waals surface area contributed by atoms with E-state index in [1.807, 2.05) is 0 Å². The molecular weight excluding hydrogens is 240 g/mol. The molecule has 0 aromatic heterocycles. The van der Waals surface area contributed by atoms with Crippen LogP contribution in [0.15, 0.2) is 12.1 Å². The zero-order valence-electron chi connectivity index (χ0n) is 10.0. The fraction of sp³-hybridized carbons (Fsp3) is 0.417. The monoisotopic (exact) mass is 255 g/mol. The molecule has 0 spiro atoms. The zero-order chi connectivity index (χ0) is 13.5. The van der Waals surface area contributed by atoms with Crippen molar-refractivity contribution in [2.45, 2.75) is 13.0 Å². The van der Waals surface area contributed by atoms with E-state index >= 15 is 0 Å². The van der Waals surface area contributed by atoms with Gasteiger partial charge in [-0.1, -0.05) is 0 Å². The van der Waals surface area contributed by atoms with Crippen LogP contribution < -0.4 is 10.6 Å². The Morgan fingerprint density at radius 2 is 1.94 bits per heavy atom. The van der Waals surface area contributed by atoms with Crippen LogP contribution in [0.1, 0.15) is 12.5 Å². The number of nitrogens with one attached hydrogen (secondary N) is 2. The summed E-state index contributed by atoms with van der Waals surface area (Å²) in [5, 5.41) is 23.0. The van der Waals surface area contributed by atoms with Gasteiger partial charge in [-0.05, 0) is 19.1 Å². The van der Waals surface area contributed by atoms with Crippen molar-refractivity contribution in [2.24, 2.45) is 0 Å². The Morgan fingerprint density at radius 3 is 2.44 bits per heavy atom. The topological polar surface area (TPSA) is 68.1 Å². The van der Waals surface area contributed by atoms with Crippen LogP contribution in [0.3, 0.4) is 0 Å². The van der Waals surface area contributed by atoms with Crippen LogP contribution in [0.4, 0.5) is 14.5 Å². The average molecular weight is 255 g/mol. The number of aliphatic hydroxyl groups is 1. The molecule has 0 saturated carbocycles. The number of rotatable bonds is 6. The number of anilines is 1. The molecule has 0 bridgehead atoms. The number of aliphatic hydroxyl groups excluding tert-OH is 1. The molecule has 18 heavy (non-hydrogen) atoms. The summed E-state index contributed by atoms with van der Waals surface area (Å²) in [7, 11) is 0. The summed E-state index contributed by atoms with van der Waals surface area (Å²) >= 11 is 0. The number of nitrogens with zero attached hydrogens (tertiary/aromatic N) is 1. The second-order valence-electron chi connectivity index (χ2n) is 3.91. The second kappa shape index (κ2) is 6.89. The van der Waals surface area contributed by atoms with Crippen LogP contribution in [-0.4, -0.2) is 30.8 Å². The van der Waals surface area contributed by atoms with Gasteiger partial charge >= 0.3 is 0 Å². The number of hydrogen-bond acceptors (Lipinski definition) is 4. The van der Waals surface area contributed by atoms with E-state index in [2.05, 4.69) is 10.6 Å². The molecule has 1 unspecified atom stereocenters. The van der Waals surface area contributed by atoms with Crippen LogP contribution in [0.2, 0.25) is 0 Å². The highest BCUT2D eigenvalue weighted by Gasteiger charge is 2.10. The van der Waals surface area contributed by atoms with E-state index in [4.69, 9.17) is 10.4 Å². The third-order valence-corrected chi connectivity index (χ3v) is 2.21. The fourth-order valence-corrected chi connectivity index (χ4v) is 1.39. The van der Waals surface area contributed by atoms with Gasteiger partial charge in [-0.15, -0.1) is 0 Å². The van der Waals surface area contributed by atoms with Gasteiger partial charge in [0.25, 0.3) is 0 Å². The highest BCUT2D eigenvalue weighted by Crippen LogP contribution is 2.19. The molecule has 0 aliphatic heterocycles. The van der Waals surface area contributed by atoms with Crippen molar-refractivity contribution < 1.29 is 13.9 Å². The minimum atomic E-state index is -0.790. The third-order valence-electron chi connectivity index (χ3n) is 2.21. The molecule has 0 saturated heterocycles. The normalized spacial score (nSPS) is 11.9. The Bertz CT molecular complexity index is 420. The van der Waals surface area contributed by atoms with Crippen molar-refractivity contribution in [1.82, 2.24) is 5.32 Å². The molecule has 3 N–H and O–H groups in total. The van der Waals surface area contributed by atoms with Crippen molar-refractivity contribution in [1.29, 1.82) is 5.26 Å². The lowest BCUT2D eigenvalue weighted by Gasteiger charge is -2.10. The summed E-state index contributed by atoms with van der Waals surface area (Å²) in [5.74, 6) is -1.58. The van der Waals surface area contributed by atoms with E-state index in [9.17, 15) is 8.78 Å². The largest absolute Gasteiger partial charge is 0.392 e. The van der Waals surface area contributed by atoms with Crippen molar-refractivity contribution in [3.63, 3.8) is 0 Å². The smallest absolute Gasteiger partial charge is 0.150 e. The summed E-state index contributed by atoms with van der Waals surface area (Å²) in [6, 6.07) is 3.64. The molecule has 98 valence electrons. The molecule has 0 aliphatic rings. The Hall–Kier alpha value is -1.71. The van der Waals surface area contributed by atoms with Gasteiger partial charge < -0.3 is 15.7 Å². The van der Waals surface area contributed by atoms with E-state index in [0.29, 0.717) is 19.6 Å². The van der Waals surface area contributed by atoms with Crippen LogP contribution in [-0.2, 0) is 0 Å². The van der Waals surface area contributed by atoms with Crippen LogP contribution in [0.5, 0.6) is 0 Å². The second-order valence-corrected chi connectivity index (χ2v) is 3.91. The molecule has 0 fully saturated rings. The molecule has 1 aromatic carbocycles. The summed E-state index contributed by atoms with van der Waals surface area (Å²) in [5.41, 5.74) is -0.296. The number of nitriles is 1. The third kappa shape index (κ3) is 4.28. The molecule has 0 heterocycles. The first-order valence-electron chi connectivity index (χ1n) is 5.56. The molecule has 0 radical (unpaired) electrons. The van der Waals surface area contributed by atoms with Crippen LogP contribution >= 0.6 is 0 Å². The molecule has 1 aromatic rings. The molecule has 0 amide bonds. The highest BCUT2D eigenvalue weighted by atomic mass is 19.1. The number of benzene rings is 1. The highest BCUT2D eigenvalue weighted by molar-refractivity contribution is 5.50. The molecule has 1 rings (SSSR count). The minimum Gasteiger partial charge on any atom is -0.392 e. The van der Waals surface area contributed by atoms with Gasteiger partial charge in [-0.25, -0.2) is 8.78 Å². The Balaban J connectivity index is 2.50. The average Bonchev–Trinajstić information content (AvgIpc) is 2.31. The van der Waals surface area contributed by atoms with Gasteiger partial charge in [0.2, 0.25) is 0 Å². The molecular formula is C12H15F2N3O. The van der Waals surface area contributed by atoms with Gasteiger partial charge in [0, 0.05) is 19.6 Å². The van der Waals surface area contributed by atoms with Crippen molar-refractivity contribution in [2.75, 3.05) is 25.0 Å². The first-order chi connectivity index (χ1) is 8.54. The number of hydrogen-bond donors (Lipinski definition) is 3. The van der Waals surface area contributed by atoms with E-state index in [1.165, 1.54) is 0 Å². The maximum atomic E-state index is 13.4. The molecule has 1 atom stereocenters. The first-order valence-corrected chi connectivity index (χ1v) is 5.56.